The minimum atomic E-state index is 0.464. The number of hydrogen-bond acceptors (Lipinski definition) is 1. The van der Waals surface area contributed by atoms with Gasteiger partial charge in [-0.25, -0.2) is 4.52 Å². The Morgan fingerprint density at radius 1 is 1.06 bits per heavy atom. The van der Waals surface area contributed by atoms with Gasteiger partial charge in [-0.05, 0) is 34.1 Å². The molecule has 0 saturated carbocycles. The highest BCUT2D eigenvalue weighted by Crippen LogP contribution is 2.26. The molecular formula is C13H8BrClN2. The van der Waals surface area contributed by atoms with Crippen LogP contribution in [-0.4, -0.2) is 9.61 Å². The molecule has 0 atom stereocenters. The average Bonchev–Trinajstić information content (AvgIpc) is 2.74. The second-order valence-electron chi connectivity index (χ2n) is 3.70. The van der Waals surface area contributed by atoms with Crippen LogP contribution in [-0.2, 0) is 0 Å². The summed E-state index contributed by atoms with van der Waals surface area (Å²) in [4.78, 5) is 0. The summed E-state index contributed by atoms with van der Waals surface area (Å²) in [5.74, 6) is 0. The molecule has 2 nitrogen and oxygen atoms in total. The molecule has 0 aliphatic rings. The van der Waals surface area contributed by atoms with E-state index in [0.29, 0.717) is 5.15 Å². The summed E-state index contributed by atoms with van der Waals surface area (Å²) < 4.78 is 2.66. The van der Waals surface area contributed by atoms with Crippen molar-refractivity contribution >= 4 is 33.0 Å². The Labute approximate surface area is 112 Å². The first kappa shape index (κ1) is 10.8. The van der Waals surface area contributed by atoms with E-state index in [4.69, 9.17) is 11.6 Å². The van der Waals surface area contributed by atoms with Gasteiger partial charge in [-0.1, -0.05) is 41.9 Å². The summed E-state index contributed by atoms with van der Waals surface area (Å²) in [6.07, 6.45) is 0. The molecule has 0 aliphatic heterocycles. The molecule has 1 aromatic carbocycles. The lowest BCUT2D eigenvalue weighted by Gasteiger charge is -2.03. The molecule has 2 heterocycles. The highest BCUT2D eigenvalue weighted by atomic mass is 79.9. The Hall–Kier alpha value is -1.32. The van der Waals surface area contributed by atoms with E-state index in [0.717, 1.165) is 21.2 Å². The van der Waals surface area contributed by atoms with E-state index < -0.39 is 0 Å². The molecule has 0 spiro atoms. The summed E-state index contributed by atoms with van der Waals surface area (Å²) in [7, 11) is 0. The molecule has 3 rings (SSSR count). The van der Waals surface area contributed by atoms with Crippen LogP contribution in [0.4, 0.5) is 0 Å². The van der Waals surface area contributed by atoms with Crippen molar-refractivity contribution in [2.45, 2.75) is 0 Å². The second kappa shape index (κ2) is 4.17. The van der Waals surface area contributed by atoms with E-state index in [-0.39, 0.29) is 0 Å². The van der Waals surface area contributed by atoms with Crippen molar-refractivity contribution in [1.29, 1.82) is 0 Å². The molecule has 17 heavy (non-hydrogen) atoms. The second-order valence-corrected chi connectivity index (χ2v) is 4.92. The number of aromatic nitrogens is 2. The van der Waals surface area contributed by atoms with Gasteiger partial charge in [-0.2, -0.15) is 5.10 Å². The van der Waals surface area contributed by atoms with Gasteiger partial charge < -0.3 is 0 Å². The standard InChI is InChI=1S/C13H8BrClN2/c14-11-8-10-6-7-12(17(10)16-13(11)15)9-4-2-1-3-5-9/h1-8H. The van der Waals surface area contributed by atoms with E-state index in [1.165, 1.54) is 0 Å². The largest absolute Gasteiger partial charge is 0.232 e. The van der Waals surface area contributed by atoms with Gasteiger partial charge in [0.25, 0.3) is 0 Å². The van der Waals surface area contributed by atoms with E-state index >= 15 is 0 Å². The highest BCUT2D eigenvalue weighted by molar-refractivity contribution is 9.10. The maximum absolute atomic E-state index is 6.03. The first-order valence-electron chi connectivity index (χ1n) is 5.15. The van der Waals surface area contributed by atoms with Crippen molar-refractivity contribution in [2.24, 2.45) is 0 Å². The van der Waals surface area contributed by atoms with Crippen molar-refractivity contribution in [3.8, 4) is 11.3 Å². The molecule has 2 aromatic heterocycles. The molecule has 0 amide bonds. The summed E-state index contributed by atoms with van der Waals surface area (Å²) in [5, 5.41) is 4.81. The van der Waals surface area contributed by atoms with Crippen molar-refractivity contribution in [3.05, 3.63) is 58.2 Å². The fourth-order valence-corrected chi connectivity index (χ4v) is 2.26. The normalized spacial score (nSPS) is 10.9. The van der Waals surface area contributed by atoms with Gasteiger partial charge in [0.1, 0.15) is 0 Å². The van der Waals surface area contributed by atoms with Gasteiger partial charge in [-0.3, -0.25) is 0 Å². The highest BCUT2D eigenvalue weighted by Gasteiger charge is 2.07. The van der Waals surface area contributed by atoms with Crippen LogP contribution in [0.3, 0.4) is 0 Å². The van der Waals surface area contributed by atoms with Crippen molar-refractivity contribution < 1.29 is 0 Å². The third-order valence-electron chi connectivity index (χ3n) is 2.61. The monoisotopic (exact) mass is 306 g/mol. The molecule has 0 aliphatic carbocycles. The third kappa shape index (κ3) is 1.85. The molecule has 84 valence electrons. The zero-order valence-electron chi connectivity index (χ0n) is 8.77. The molecule has 0 saturated heterocycles. The minimum Gasteiger partial charge on any atom is -0.232 e. The Morgan fingerprint density at radius 2 is 1.82 bits per heavy atom. The van der Waals surface area contributed by atoms with E-state index in [9.17, 15) is 0 Å². The van der Waals surface area contributed by atoms with Gasteiger partial charge in [-0.15, -0.1) is 0 Å². The Balaban J connectivity index is 2.29. The van der Waals surface area contributed by atoms with Gasteiger partial charge in [0.05, 0.1) is 15.7 Å². The number of rotatable bonds is 1. The first-order valence-corrected chi connectivity index (χ1v) is 6.32. The number of hydrogen-bond donors (Lipinski definition) is 0. The van der Waals surface area contributed by atoms with Crippen LogP contribution < -0.4 is 0 Å². The van der Waals surface area contributed by atoms with Crippen LogP contribution in [0.25, 0.3) is 16.8 Å². The maximum Gasteiger partial charge on any atom is 0.164 e. The van der Waals surface area contributed by atoms with Gasteiger partial charge >= 0.3 is 0 Å². The number of fused-ring (bicyclic) bond motifs is 1. The van der Waals surface area contributed by atoms with Gasteiger partial charge in [0, 0.05) is 5.56 Å². The zero-order chi connectivity index (χ0) is 11.8. The van der Waals surface area contributed by atoms with Crippen LogP contribution in [0, 0.1) is 0 Å². The maximum atomic E-state index is 6.03. The summed E-state index contributed by atoms with van der Waals surface area (Å²) >= 11 is 9.40. The van der Waals surface area contributed by atoms with E-state index in [2.05, 4.69) is 33.2 Å². The molecule has 0 fully saturated rings. The van der Waals surface area contributed by atoms with Crippen molar-refractivity contribution in [3.63, 3.8) is 0 Å². The fraction of sp³-hybridized carbons (Fsp3) is 0. The molecule has 0 unspecified atom stereocenters. The third-order valence-corrected chi connectivity index (χ3v) is 3.73. The minimum absolute atomic E-state index is 0.464. The molecule has 0 radical (unpaired) electrons. The van der Waals surface area contributed by atoms with Crippen LogP contribution in [0.2, 0.25) is 5.15 Å². The van der Waals surface area contributed by atoms with Crippen LogP contribution in [0.15, 0.2) is 53.0 Å². The number of benzene rings is 1. The number of nitrogens with zero attached hydrogens (tertiary/aromatic N) is 2. The van der Waals surface area contributed by atoms with Gasteiger partial charge in [0.15, 0.2) is 5.15 Å². The van der Waals surface area contributed by atoms with E-state index in [1.54, 1.807) is 0 Å². The SMILES string of the molecule is Clc1nn2c(-c3ccccc3)ccc2cc1Br. The first-order chi connectivity index (χ1) is 8.25. The van der Waals surface area contributed by atoms with E-state index in [1.807, 2.05) is 40.9 Å². The Kier molecular flexibility index (Phi) is 2.65. The Bertz CT molecular complexity index is 676. The zero-order valence-corrected chi connectivity index (χ0v) is 11.1. The number of halogens is 2. The average molecular weight is 308 g/mol. The van der Waals surface area contributed by atoms with Crippen molar-refractivity contribution in [1.82, 2.24) is 9.61 Å². The van der Waals surface area contributed by atoms with Crippen LogP contribution >= 0.6 is 27.5 Å². The predicted octanol–water partition coefficient (Wildman–Crippen LogP) is 4.42. The van der Waals surface area contributed by atoms with Gasteiger partial charge in [0.2, 0.25) is 0 Å². The van der Waals surface area contributed by atoms with Crippen LogP contribution in [0.1, 0.15) is 0 Å². The molecule has 0 bridgehead atoms. The smallest absolute Gasteiger partial charge is 0.164 e. The lowest BCUT2D eigenvalue weighted by atomic mass is 10.2. The summed E-state index contributed by atoms with van der Waals surface area (Å²) in [6, 6.07) is 16.2. The topological polar surface area (TPSA) is 17.3 Å². The molecule has 4 heteroatoms. The van der Waals surface area contributed by atoms with Crippen molar-refractivity contribution in [2.75, 3.05) is 0 Å². The summed E-state index contributed by atoms with van der Waals surface area (Å²) in [6.45, 7) is 0. The lowest BCUT2D eigenvalue weighted by molar-refractivity contribution is 0.944. The lowest BCUT2D eigenvalue weighted by Crippen LogP contribution is -1.94. The quantitative estimate of drug-likeness (QED) is 0.650. The predicted molar refractivity (Wildman–Crippen MR) is 73.3 cm³/mol. The molecule has 0 N–H and O–H groups in total. The molecule has 3 aromatic rings. The fourth-order valence-electron chi connectivity index (χ4n) is 1.82. The van der Waals surface area contributed by atoms with Crippen LogP contribution in [0.5, 0.6) is 0 Å². The summed E-state index contributed by atoms with van der Waals surface area (Å²) in [5.41, 5.74) is 3.17. The molecular weight excluding hydrogens is 300 g/mol. The Morgan fingerprint density at radius 3 is 2.59 bits per heavy atom.